The molecule has 0 aliphatic carbocycles. The molecule has 2 heterocycles. The Labute approximate surface area is 110 Å². The minimum absolute atomic E-state index is 0.228. The molecule has 1 fully saturated rings. The zero-order chi connectivity index (χ0) is 13.3. The summed E-state index contributed by atoms with van der Waals surface area (Å²) in [6.07, 6.45) is 1.15. The molecular weight excluding hydrogens is 226 g/mol. The molecule has 0 bridgehead atoms. The summed E-state index contributed by atoms with van der Waals surface area (Å²) in [6.45, 7) is 13.9. The van der Waals surface area contributed by atoms with Crippen molar-refractivity contribution in [2.75, 3.05) is 13.1 Å². The van der Waals surface area contributed by atoms with Gasteiger partial charge in [-0.05, 0) is 34.1 Å². The van der Waals surface area contributed by atoms with Gasteiger partial charge in [0.05, 0.1) is 5.69 Å². The second-order valence-electron chi connectivity index (χ2n) is 5.85. The van der Waals surface area contributed by atoms with Gasteiger partial charge >= 0.3 is 0 Å². The lowest BCUT2D eigenvalue weighted by Crippen LogP contribution is -2.61. The fourth-order valence-electron chi connectivity index (χ4n) is 2.56. The van der Waals surface area contributed by atoms with Gasteiger partial charge in [0.15, 0.2) is 0 Å². The molecule has 1 aromatic rings. The molecule has 4 heteroatoms. The summed E-state index contributed by atoms with van der Waals surface area (Å²) in [7, 11) is 0. The first-order valence-electron chi connectivity index (χ1n) is 6.86. The minimum atomic E-state index is 0.228. The van der Waals surface area contributed by atoms with Gasteiger partial charge in [0.1, 0.15) is 5.76 Å². The van der Waals surface area contributed by atoms with Crippen LogP contribution in [0, 0.1) is 13.8 Å². The third kappa shape index (κ3) is 2.59. The van der Waals surface area contributed by atoms with Crippen LogP contribution >= 0.6 is 0 Å². The second-order valence-corrected chi connectivity index (χ2v) is 5.85. The largest absolute Gasteiger partial charge is 0.361 e. The molecule has 2 atom stereocenters. The van der Waals surface area contributed by atoms with Crippen LogP contribution in [-0.2, 0) is 6.54 Å². The van der Waals surface area contributed by atoms with Crippen LogP contribution in [0.15, 0.2) is 4.52 Å². The molecule has 0 radical (unpaired) electrons. The average Bonchev–Trinajstić information content (AvgIpc) is 2.66. The first kappa shape index (κ1) is 13.6. The first-order chi connectivity index (χ1) is 8.45. The number of nitrogens with zero attached hydrogens (tertiary/aromatic N) is 2. The number of aryl methyl sites for hydroxylation is 2. The van der Waals surface area contributed by atoms with E-state index in [-0.39, 0.29) is 5.54 Å². The molecule has 0 spiro atoms. The van der Waals surface area contributed by atoms with Gasteiger partial charge in [-0.15, -0.1) is 0 Å². The zero-order valence-electron chi connectivity index (χ0n) is 12.2. The topological polar surface area (TPSA) is 41.3 Å². The second kappa shape index (κ2) is 5.02. The standard InChI is InChI=1S/C14H25N3O/c1-6-14(5)9-17(10(2)7-15-14)8-13-11(3)16-18-12(13)4/h10,15H,6-9H2,1-5H3. The van der Waals surface area contributed by atoms with Gasteiger partial charge < -0.3 is 9.84 Å². The third-order valence-corrected chi connectivity index (χ3v) is 4.32. The van der Waals surface area contributed by atoms with Gasteiger partial charge in [0, 0.05) is 36.8 Å². The number of aromatic nitrogens is 1. The summed E-state index contributed by atoms with van der Waals surface area (Å²) in [5.74, 6) is 0.955. The van der Waals surface area contributed by atoms with E-state index in [0.29, 0.717) is 6.04 Å². The van der Waals surface area contributed by atoms with Crippen LogP contribution < -0.4 is 5.32 Å². The Kier molecular flexibility index (Phi) is 3.78. The fraction of sp³-hybridized carbons (Fsp3) is 0.786. The van der Waals surface area contributed by atoms with Gasteiger partial charge in [-0.3, -0.25) is 4.90 Å². The SMILES string of the molecule is CCC1(C)CN(Cc2c(C)noc2C)C(C)CN1. The van der Waals surface area contributed by atoms with Crippen molar-refractivity contribution in [3.63, 3.8) is 0 Å². The molecule has 0 aromatic carbocycles. The summed E-state index contributed by atoms with van der Waals surface area (Å²) in [5, 5.41) is 7.70. The van der Waals surface area contributed by atoms with Crippen LogP contribution in [0.5, 0.6) is 0 Å². The molecule has 102 valence electrons. The Morgan fingerprint density at radius 2 is 2.22 bits per heavy atom. The van der Waals surface area contributed by atoms with Crippen LogP contribution in [0.3, 0.4) is 0 Å². The summed E-state index contributed by atoms with van der Waals surface area (Å²) >= 11 is 0. The van der Waals surface area contributed by atoms with Crippen molar-refractivity contribution in [3.8, 4) is 0 Å². The first-order valence-corrected chi connectivity index (χ1v) is 6.86. The molecule has 2 rings (SSSR count). The molecule has 0 amide bonds. The van der Waals surface area contributed by atoms with Crippen molar-refractivity contribution in [2.24, 2.45) is 0 Å². The molecule has 18 heavy (non-hydrogen) atoms. The Hall–Kier alpha value is -0.870. The van der Waals surface area contributed by atoms with Gasteiger partial charge in [-0.1, -0.05) is 12.1 Å². The molecule has 1 saturated heterocycles. The van der Waals surface area contributed by atoms with Crippen LogP contribution in [0.1, 0.15) is 44.2 Å². The molecular formula is C14H25N3O. The Bertz CT molecular complexity index is 396. The minimum Gasteiger partial charge on any atom is -0.361 e. The van der Waals surface area contributed by atoms with E-state index in [4.69, 9.17) is 4.52 Å². The van der Waals surface area contributed by atoms with E-state index in [2.05, 4.69) is 36.1 Å². The predicted octanol–water partition coefficient (Wildman–Crippen LogP) is 2.25. The maximum atomic E-state index is 5.26. The van der Waals surface area contributed by atoms with E-state index in [1.54, 1.807) is 0 Å². The molecule has 0 saturated carbocycles. The Morgan fingerprint density at radius 1 is 1.50 bits per heavy atom. The van der Waals surface area contributed by atoms with Crippen molar-refractivity contribution in [3.05, 3.63) is 17.0 Å². The van der Waals surface area contributed by atoms with E-state index in [1.165, 1.54) is 5.56 Å². The van der Waals surface area contributed by atoms with Gasteiger partial charge in [-0.25, -0.2) is 0 Å². The maximum absolute atomic E-state index is 5.26. The van der Waals surface area contributed by atoms with Crippen molar-refractivity contribution in [1.29, 1.82) is 0 Å². The molecule has 2 unspecified atom stereocenters. The Balaban J connectivity index is 2.12. The third-order valence-electron chi connectivity index (χ3n) is 4.32. The zero-order valence-corrected chi connectivity index (χ0v) is 12.2. The van der Waals surface area contributed by atoms with Gasteiger partial charge in [-0.2, -0.15) is 0 Å². The smallest absolute Gasteiger partial charge is 0.138 e. The lowest BCUT2D eigenvalue weighted by atomic mass is 9.93. The molecule has 1 aliphatic heterocycles. The highest BCUT2D eigenvalue weighted by molar-refractivity contribution is 5.21. The number of hydrogen-bond donors (Lipinski definition) is 1. The summed E-state index contributed by atoms with van der Waals surface area (Å²) in [6, 6.07) is 0.554. The summed E-state index contributed by atoms with van der Waals surface area (Å²) in [5.41, 5.74) is 2.50. The fourth-order valence-corrected chi connectivity index (χ4v) is 2.56. The van der Waals surface area contributed by atoms with E-state index in [0.717, 1.165) is 37.5 Å². The van der Waals surface area contributed by atoms with Crippen molar-refractivity contribution in [1.82, 2.24) is 15.4 Å². The molecule has 1 aromatic heterocycles. The van der Waals surface area contributed by atoms with Gasteiger partial charge in [0.2, 0.25) is 0 Å². The molecule has 1 N–H and O–H groups in total. The van der Waals surface area contributed by atoms with Crippen LogP contribution in [-0.4, -0.2) is 34.7 Å². The summed E-state index contributed by atoms with van der Waals surface area (Å²) < 4.78 is 5.26. The van der Waals surface area contributed by atoms with Crippen molar-refractivity contribution < 1.29 is 4.52 Å². The van der Waals surface area contributed by atoms with Crippen molar-refractivity contribution >= 4 is 0 Å². The van der Waals surface area contributed by atoms with E-state index < -0.39 is 0 Å². The van der Waals surface area contributed by atoms with E-state index >= 15 is 0 Å². The maximum Gasteiger partial charge on any atom is 0.138 e. The lowest BCUT2D eigenvalue weighted by Gasteiger charge is -2.45. The van der Waals surface area contributed by atoms with Crippen LogP contribution in [0.25, 0.3) is 0 Å². The normalized spacial score (nSPS) is 29.7. The quantitative estimate of drug-likeness (QED) is 0.894. The van der Waals surface area contributed by atoms with Crippen molar-refractivity contribution in [2.45, 2.75) is 59.2 Å². The van der Waals surface area contributed by atoms with Crippen LogP contribution in [0.4, 0.5) is 0 Å². The number of piperazine rings is 1. The van der Waals surface area contributed by atoms with Crippen LogP contribution in [0.2, 0.25) is 0 Å². The molecule has 4 nitrogen and oxygen atoms in total. The molecule has 1 aliphatic rings. The van der Waals surface area contributed by atoms with Gasteiger partial charge in [0.25, 0.3) is 0 Å². The Morgan fingerprint density at radius 3 is 2.78 bits per heavy atom. The highest BCUT2D eigenvalue weighted by Crippen LogP contribution is 2.23. The highest BCUT2D eigenvalue weighted by atomic mass is 16.5. The predicted molar refractivity (Wildman–Crippen MR) is 72.5 cm³/mol. The monoisotopic (exact) mass is 251 g/mol. The average molecular weight is 251 g/mol. The van der Waals surface area contributed by atoms with E-state index in [9.17, 15) is 0 Å². The number of nitrogens with one attached hydrogen (secondary N) is 1. The number of hydrogen-bond acceptors (Lipinski definition) is 4. The van der Waals surface area contributed by atoms with E-state index in [1.807, 2.05) is 13.8 Å². The lowest BCUT2D eigenvalue weighted by molar-refractivity contribution is 0.0860. The highest BCUT2D eigenvalue weighted by Gasteiger charge is 2.33. The summed E-state index contributed by atoms with van der Waals surface area (Å²) in [4.78, 5) is 2.53. The number of rotatable bonds is 3.